The molecule has 31 heavy (non-hydrogen) atoms. The first-order valence-electron chi connectivity index (χ1n) is 9.57. The van der Waals surface area contributed by atoms with Crippen molar-refractivity contribution in [1.82, 2.24) is 4.90 Å². The number of rotatable bonds is 6. The van der Waals surface area contributed by atoms with E-state index in [-0.39, 0.29) is 24.8 Å². The third-order valence-corrected chi connectivity index (χ3v) is 5.79. The van der Waals surface area contributed by atoms with Crippen LogP contribution in [0.3, 0.4) is 0 Å². The standard InChI is InChI=1S/C23H19IN2O5/c1-30-18-5-2-4-15(12-18)22(28)25(14-19-6-3-11-31-19)20-13-21(27)26(23(20)29)17-9-7-16(24)8-10-17/h2-12,20H,13-14H2,1H3. The SMILES string of the molecule is COc1cccc(C(=O)N(Cc2ccco2)C2CC(=O)N(c3ccc(I)cc3)C2=O)c1. The Morgan fingerprint density at radius 3 is 2.61 bits per heavy atom. The lowest BCUT2D eigenvalue weighted by molar-refractivity contribution is -0.122. The molecular formula is C23H19IN2O5. The minimum Gasteiger partial charge on any atom is -0.497 e. The number of benzene rings is 2. The van der Waals surface area contributed by atoms with E-state index in [1.54, 1.807) is 48.5 Å². The molecule has 0 aliphatic carbocycles. The van der Waals surface area contributed by atoms with Crippen molar-refractivity contribution >= 4 is 46.0 Å². The fourth-order valence-corrected chi connectivity index (χ4v) is 3.90. The van der Waals surface area contributed by atoms with Gasteiger partial charge in [-0.25, -0.2) is 4.90 Å². The number of imide groups is 1. The van der Waals surface area contributed by atoms with Gasteiger partial charge < -0.3 is 14.1 Å². The lowest BCUT2D eigenvalue weighted by Gasteiger charge is -2.27. The number of hydrogen-bond donors (Lipinski definition) is 0. The summed E-state index contributed by atoms with van der Waals surface area (Å²) in [4.78, 5) is 42.0. The number of amides is 3. The highest BCUT2D eigenvalue weighted by atomic mass is 127. The van der Waals surface area contributed by atoms with Gasteiger partial charge in [0.25, 0.3) is 11.8 Å². The summed E-state index contributed by atoms with van der Waals surface area (Å²) in [6.07, 6.45) is 1.41. The molecule has 1 atom stereocenters. The number of anilines is 1. The van der Waals surface area contributed by atoms with Crippen LogP contribution in [0.2, 0.25) is 0 Å². The third kappa shape index (κ3) is 4.34. The Balaban J connectivity index is 1.68. The van der Waals surface area contributed by atoms with E-state index in [1.807, 2.05) is 12.1 Å². The van der Waals surface area contributed by atoms with Crippen molar-refractivity contribution in [2.45, 2.75) is 19.0 Å². The lowest BCUT2D eigenvalue weighted by Crippen LogP contribution is -2.45. The Morgan fingerprint density at radius 2 is 1.94 bits per heavy atom. The summed E-state index contributed by atoms with van der Waals surface area (Å²) >= 11 is 2.16. The summed E-state index contributed by atoms with van der Waals surface area (Å²) in [5, 5.41) is 0. The molecule has 2 heterocycles. The molecule has 0 bridgehead atoms. The summed E-state index contributed by atoms with van der Waals surface area (Å²) in [6, 6.07) is 16.3. The van der Waals surface area contributed by atoms with Crippen LogP contribution < -0.4 is 9.64 Å². The second-order valence-electron chi connectivity index (χ2n) is 7.01. The first kappa shape index (κ1) is 21.1. The van der Waals surface area contributed by atoms with Crippen molar-refractivity contribution in [2.24, 2.45) is 0 Å². The normalized spacial score (nSPS) is 15.9. The minimum absolute atomic E-state index is 0.0628. The van der Waals surface area contributed by atoms with Crippen LogP contribution >= 0.6 is 22.6 Å². The number of halogens is 1. The van der Waals surface area contributed by atoms with Gasteiger partial charge in [0.05, 0.1) is 32.0 Å². The van der Waals surface area contributed by atoms with Gasteiger partial charge in [0.2, 0.25) is 5.91 Å². The Hall–Kier alpha value is -3.14. The summed E-state index contributed by atoms with van der Waals surface area (Å²) in [5.74, 6) is -0.124. The van der Waals surface area contributed by atoms with Crippen molar-refractivity contribution < 1.29 is 23.5 Å². The van der Waals surface area contributed by atoms with E-state index in [9.17, 15) is 14.4 Å². The Kier molecular flexibility index (Phi) is 6.08. The molecule has 7 nitrogen and oxygen atoms in total. The highest BCUT2D eigenvalue weighted by molar-refractivity contribution is 14.1. The molecule has 0 saturated carbocycles. The fraction of sp³-hybridized carbons (Fsp3) is 0.174. The van der Waals surface area contributed by atoms with Gasteiger partial charge in [-0.3, -0.25) is 14.4 Å². The van der Waals surface area contributed by atoms with Gasteiger partial charge in [0, 0.05) is 9.13 Å². The van der Waals surface area contributed by atoms with E-state index >= 15 is 0 Å². The van der Waals surface area contributed by atoms with Gasteiger partial charge >= 0.3 is 0 Å². The summed E-state index contributed by atoms with van der Waals surface area (Å²) in [6.45, 7) is 0.0628. The molecule has 3 amide bonds. The molecule has 0 N–H and O–H groups in total. The second kappa shape index (κ2) is 8.93. The van der Waals surface area contributed by atoms with Crippen LogP contribution in [0.25, 0.3) is 0 Å². The van der Waals surface area contributed by atoms with Gasteiger partial charge in [0.15, 0.2) is 0 Å². The highest BCUT2D eigenvalue weighted by Gasteiger charge is 2.44. The molecule has 4 rings (SSSR count). The maximum absolute atomic E-state index is 13.4. The summed E-state index contributed by atoms with van der Waals surface area (Å²) < 4.78 is 11.6. The van der Waals surface area contributed by atoms with Crippen molar-refractivity contribution in [3.63, 3.8) is 0 Å². The maximum Gasteiger partial charge on any atom is 0.257 e. The Bertz CT molecular complexity index is 1110. The smallest absolute Gasteiger partial charge is 0.257 e. The molecule has 0 radical (unpaired) electrons. The van der Waals surface area contributed by atoms with Crippen LogP contribution in [0.1, 0.15) is 22.5 Å². The number of furan rings is 1. The number of carbonyl (C=O) groups excluding carboxylic acids is 3. The van der Waals surface area contributed by atoms with Gasteiger partial charge in [-0.2, -0.15) is 0 Å². The van der Waals surface area contributed by atoms with Crippen molar-refractivity contribution in [1.29, 1.82) is 0 Å². The number of carbonyl (C=O) groups is 3. The van der Waals surface area contributed by atoms with E-state index in [4.69, 9.17) is 9.15 Å². The molecule has 1 saturated heterocycles. The first-order valence-corrected chi connectivity index (χ1v) is 10.7. The maximum atomic E-state index is 13.4. The molecule has 1 aliphatic rings. The lowest BCUT2D eigenvalue weighted by atomic mass is 10.1. The second-order valence-corrected chi connectivity index (χ2v) is 8.25. The molecule has 1 aromatic heterocycles. The van der Waals surface area contributed by atoms with E-state index in [2.05, 4.69) is 22.6 Å². The Morgan fingerprint density at radius 1 is 1.16 bits per heavy atom. The van der Waals surface area contributed by atoms with Crippen molar-refractivity contribution in [2.75, 3.05) is 12.0 Å². The van der Waals surface area contributed by atoms with Crippen LogP contribution in [0, 0.1) is 3.57 Å². The van der Waals surface area contributed by atoms with Gasteiger partial charge in [0.1, 0.15) is 17.6 Å². The van der Waals surface area contributed by atoms with E-state index in [0.29, 0.717) is 22.8 Å². The number of ether oxygens (including phenoxy) is 1. The van der Waals surface area contributed by atoms with Crippen molar-refractivity contribution in [3.8, 4) is 5.75 Å². The topological polar surface area (TPSA) is 80.1 Å². The molecule has 8 heteroatoms. The third-order valence-electron chi connectivity index (χ3n) is 5.07. The molecular weight excluding hydrogens is 511 g/mol. The zero-order valence-electron chi connectivity index (χ0n) is 16.7. The quantitative estimate of drug-likeness (QED) is 0.357. The van der Waals surface area contributed by atoms with E-state index in [0.717, 1.165) is 8.47 Å². The zero-order valence-corrected chi connectivity index (χ0v) is 18.8. The molecule has 1 unspecified atom stereocenters. The first-order chi connectivity index (χ1) is 15.0. The number of methoxy groups -OCH3 is 1. The van der Waals surface area contributed by atoms with Crippen LogP contribution in [-0.2, 0) is 16.1 Å². The average Bonchev–Trinajstić information content (AvgIpc) is 3.40. The van der Waals surface area contributed by atoms with Gasteiger partial charge in [-0.15, -0.1) is 0 Å². The fourth-order valence-electron chi connectivity index (χ4n) is 3.54. The molecule has 0 spiro atoms. The summed E-state index contributed by atoms with van der Waals surface area (Å²) in [5.41, 5.74) is 0.851. The van der Waals surface area contributed by atoms with Crippen LogP contribution in [0.4, 0.5) is 5.69 Å². The van der Waals surface area contributed by atoms with Gasteiger partial charge in [-0.05, 0) is 77.2 Å². The summed E-state index contributed by atoms with van der Waals surface area (Å²) in [7, 11) is 1.52. The van der Waals surface area contributed by atoms with Crippen molar-refractivity contribution in [3.05, 3.63) is 81.8 Å². The monoisotopic (exact) mass is 530 g/mol. The van der Waals surface area contributed by atoms with E-state index in [1.165, 1.54) is 18.3 Å². The van der Waals surface area contributed by atoms with Crippen LogP contribution in [-0.4, -0.2) is 35.8 Å². The number of hydrogen-bond acceptors (Lipinski definition) is 5. The molecule has 1 aliphatic heterocycles. The predicted octanol–water partition coefficient (Wildman–Crippen LogP) is 3.87. The molecule has 2 aromatic carbocycles. The minimum atomic E-state index is -0.935. The predicted molar refractivity (Wildman–Crippen MR) is 122 cm³/mol. The molecule has 3 aromatic rings. The Labute approximate surface area is 192 Å². The highest BCUT2D eigenvalue weighted by Crippen LogP contribution is 2.29. The van der Waals surface area contributed by atoms with Crippen LogP contribution in [0.5, 0.6) is 5.75 Å². The molecule has 1 fully saturated rings. The van der Waals surface area contributed by atoms with E-state index < -0.39 is 11.9 Å². The van der Waals surface area contributed by atoms with Gasteiger partial charge in [-0.1, -0.05) is 6.07 Å². The largest absolute Gasteiger partial charge is 0.497 e. The number of nitrogens with zero attached hydrogens (tertiary/aromatic N) is 2. The average molecular weight is 530 g/mol. The molecule has 158 valence electrons. The van der Waals surface area contributed by atoms with Crippen LogP contribution in [0.15, 0.2) is 71.3 Å². The zero-order chi connectivity index (χ0) is 22.0.